The van der Waals surface area contributed by atoms with Gasteiger partial charge in [-0.1, -0.05) is 0 Å². The fraction of sp³-hybridized carbons (Fsp3) is 1.00. The minimum absolute atomic E-state index is 0.159. The van der Waals surface area contributed by atoms with Crippen LogP contribution in [0.1, 0.15) is 39.5 Å². The fourth-order valence-electron chi connectivity index (χ4n) is 1.63. The predicted molar refractivity (Wildman–Crippen MR) is 95.9 cm³/mol. The maximum atomic E-state index is 5.37. The molecule has 0 aromatic heterocycles. The molecule has 0 saturated carbocycles. The summed E-state index contributed by atoms with van der Waals surface area (Å²) in [5.74, 6) is 0. The van der Waals surface area contributed by atoms with Gasteiger partial charge in [0, 0.05) is 13.1 Å². The molecule has 0 heterocycles. The van der Waals surface area contributed by atoms with E-state index < -0.39 is 0 Å². The Hall–Kier alpha value is 0.679. The van der Waals surface area contributed by atoms with Crippen molar-refractivity contribution in [3.8, 4) is 0 Å². The number of rotatable bonds is 12. The van der Waals surface area contributed by atoms with E-state index in [0.717, 1.165) is 26.3 Å². The molecule has 0 unspecified atom stereocenters. The second-order valence-electron chi connectivity index (χ2n) is 5.99. The van der Waals surface area contributed by atoms with Gasteiger partial charge in [-0.05, 0) is 28.2 Å². The van der Waals surface area contributed by atoms with E-state index in [2.05, 4.69) is 51.8 Å². The fourth-order valence-corrected chi connectivity index (χ4v) is 7.51. The third-order valence-corrected chi connectivity index (χ3v) is 8.78. The van der Waals surface area contributed by atoms with Crippen molar-refractivity contribution in [2.45, 2.75) is 48.4 Å². The van der Waals surface area contributed by atoms with Gasteiger partial charge in [-0.15, -0.1) is 0 Å². The molecule has 0 aliphatic rings. The number of nitrogens with zero attached hydrogens (tertiary/aromatic N) is 2. The van der Waals surface area contributed by atoms with Crippen molar-refractivity contribution in [3.63, 3.8) is 0 Å². The van der Waals surface area contributed by atoms with Gasteiger partial charge in [0.25, 0.3) is 0 Å². The Morgan fingerprint density at radius 3 is 1.45 bits per heavy atom. The van der Waals surface area contributed by atoms with E-state index in [9.17, 15) is 0 Å². The monoisotopic (exact) mass is 396 g/mol. The van der Waals surface area contributed by atoms with Gasteiger partial charge >= 0.3 is 69.5 Å². The zero-order valence-corrected chi connectivity index (χ0v) is 19.1. The molecule has 0 spiro atoms. The largest absolute Gasteiger partial charge is 0.379 e. The minimum Gasteiger partial charge on any atom is -0.379 e. The number of likely N-dealkylation sites (N-methyl/N-ethyl adjacent to an activating group) is 2. The third kappa shape index (κ3) is 27.1. The van der Waals surface area contributed by atoms with E-state index >= 15 is 0 Å². The summed E-state index contributed by atoms with van der Waals surface area (Å²) in [6, 6.07) is 0. The van der Waals surface area contributed by atoms with Gasteiger partial charge in [-0.25, -0.2) is 0 Å². The molecule has 124 valence electrons. The zero-order valence-electron chi connectivity index (χ0n) is 15.1. The zero-order chi connectivity index (χ0) is 15.6. The normalized spacial score (nSPS) is 10.8. The topological polar surface area (TPSA) is 15.7 Å². The molecule has 3 nitrogen and oxygen atoms in total. The van der Waals surface area contributed by atoms with Crippen molar-refractivity contribution >= 4 is 21.1 Å². The van der Waals surface area contributed by atoms with E-state index in [1.165, 1.54) is 25.7 Å². The summed E-state index contributed by atoms with van der Waals surface area (Å²) >= 11 is -0.159. The van der Waals surface area contributed by atoms with Crippen molar-refractivity contribution < 1.29 is 4.74 Å². The maximum Gasteiger partial charge on any atom is 0.0593 e. The summed E-state index contributed by atoms with van der Waals surface area (Å²) in [5, 5.41) is 0. The molecule has 0 fully saturated rings. The smallest absolute Gasteiger partial charge is 0.0593 e. The van der Waals surface area contributed by atoms with Crippen LogP contribution in [-0.4, -0.2) is 85.4 Å². The first-order chi connectivity index (χ1) is 9.54. The van der Waals surface area contributed by atoms with Crippen LogP contribution >= 0.6 is 0 Å². The van der Waals surface area contributed by atoms with Gasteiger partial charge in [0.15, 0.2) is 0 Å². The van der Waals surface area contributed by atoms with Crippen LogP contribution in [0.5, 0.6) is 0 Å². The summed E-state index contributed by atoms with van der Waals surface area (Å²) in [6.07, 6.45) is 5.89. The molecular formula is C16H40N2OSn. The number of hydrogen-bond acceptors (Lipinski definition) is 3. The summed E-state index contributed by atoms with van der Waals surface area (Å²) in [7, 11) is 8.20. The van der Waals surface area contributed by atoms with E-state index in [-0.39, 0.29) is 21.1 Å². The Kier molecular flexibility index (Phi) is 22.6. The molecule has 0 aliphatic heterocycles. The average Bonchev–Trinajstić information content (AvgIpc) is 2.38. The average molecular weight is 395 g/mol. The quantitative estimate of drug-likeness (QED) is 0.374. The van der Waals surface area contributed by atoms with Crippen LogP contribution in [0.15, 0.2) is 0 Å². The summed E-state index contributed by atoms with van der Waals surface area (Å²) in [4.78, 5) is 4.24. The molecule has 0 amide bonds. The summed E-state index contributed by atoms with van der Waals surface area (Å²) < 4.78 is 8.70. The van der Waals surface area contributed by atoms with Crippen molar-refractivity contribution in [1.29, 1.82) is 0 Å². The number of ether oxygens (including phenoxy) is 1. The SMILES string of the molecule is CCC[CH2][SnH2][CH2]CCC.CN(C)CCOCCN(C)C. The van der Waals surface area contributed by atoms with E-state index in [1.807, 2.05) is 0 Å². The van der Waals surface area contributed by atoms with Crippen LogP contribution in [0.2, 0.25) is 8.87 Å². The first-order valence-corrected chi connectivity index (χ1v) is 14.1. The molecule has 4 heteroatoms. The van der Waals surface area contributed by atoms with E-state index in [1.54, 1.807) is 8.87 Å². The minimum atomic E-state index is -0.159. The Bertz CT molecular complexity index is 151. The first-order valence-electron chi connectivity index (χ1n) is 8.41. The van der Waals surface area contributed by atoms with Gasteiger partial charge in [-0.3, -0.25) is 0 Å². The number of hydrogen-bond donors (Lipinski definition) is 0. The molecule has 0 aromatic carbocycles. The van der Waals surface area contributed by atoms with Gasteiger partial charge in [-0.2, -0.15) is 0 Å². The van der Waals surface area contributed by atoms with E-state index in [4.69, 9.17) is 4.74 Å². The van der Waals surface area contributed by atoms with Crippen molar-refractivity contribution in [2.24, 2.45) is 0 Å². The van der Waals surface area contributed by atoms with Crippen LogP contribution in [0, 0.1) is 0 Å². The molecule has 0 radical (unpaired) electrons. The van der Waals surface area contributed by atoms with E-state index in [0.29, 0.717) is 0 Å². The Labute approximate surface area is 138 Å². The first kappa shape index (κ1) is 23.0. The molecule has 0 aromatic rings. The van der Waals surface area contributed by atoms with Crippen molar-refractivity contribution in [2.75, 3.05) is 54.5 Å². The molecular weight excluding hydrogens is 355 g/mol. The Morgan fingerprint density at radius 1 is 0.750 bits per heavy atom. The van der Waals surface area contributed by atoms with Crippen LogP contribution in [0.3, 0.4) is 0 Å². The molecule has 20 heavy (non-hydrogen) atoms. The predicted octanol–water partition coefficient (Wildman–Crippen LogP) is 2.72. The van der Waals surface area contributed by atoms with Crippen LogP contribution < -0.4 is 0 Å². The summed E-state index contributed by atoms with van der Waals surface area (Å²) in [5.41, 5.74) is 0. The van der Waals surface area contributed by atoms with Gasteiger partial charge in [0.05, 0.1) is 13.2 Å². The molecule has 0 N–H and O–H groups in total. The van der Waals surface area contributed by atoms with Gasteiger partial charge in [0.2, 0.25) is 0 Å². The second-order valence-corrected chi connectivity index (χ2v) is 12.0. The molecule has 0 aliphatic carbocycles. The Morgan fingerprint density at radius 2 is 1.15 bits per heavy atom. The van der Waals surface area contributed by atoms with Crippen LogP contribution in [0.25, 0.3) is 0 Å². The standard InChI is InChI=1S/C8H20N2O.2C4H9.Sn.2H/c1-9(2)5-7-11-8-6-10(3)4;2*1-3-4-2;;;/h5-8H2,1-4H3;2*1,3-4H2,2H3;;;. The molecule has 0 bridgehead atoms. The summed E-state index contributed by atoms with van der Waals surface area (Å²) in [6.45, 7) is 8.28. The molecule has 0 rings (SSSR count). The van der Waals surface area contributed by atoms with Crippen LogP contribution in [0.4, 0.5) is 0 Å². The van der Waals surface area contributed by atoms with Crippen molar-refractivity contribution in [1.82, 2.24) is 9.80 Å². The molecule has 0 atom stereocenters. The second kappa shape index (κ2) is 19.7. The Balaban J connectivity index is 0. The number of unbranched alkanes of at least 4 members (excludes halogenated alkanes) is 2. The third-order valence-electron chi connectivity index (χ3n) is 3.07. The maximum absolute atomic E-state index is 5.37. The van der Waals surface area contributed by atoms with Gasteiger partial charge in [0.1, 0.15) is 0 Å². The van der Waals surface area contributed by atoms with Gasteiger partial charge < -0.3 is 14.5 Å². The van der Waals surface area contributed by atoms with Crippen molar-refractivity contribution in [3.05, 3.63) is 0 Å². The molecule has 0 saturated heterocycles. The van der Waals surface area contributed by atoms with Crippen LogP contribution in [-0.2, 0) is 4.74 Å².